The lowest BCUT2D eigenvalue weighted by atomic mass is 10.3. The molecule has 0 aromatic carbocycles. The number of aliphatic hydroxyl groups excluding tert-OH is 1. The Morgan fingerprint density at radius 1 is 1.07 bits per heavy atom. The Morgan fingerprint density at radius 2 is 1.50 bits per heavy atom. The van der Waals surface area contributed by atoms with Crippen molar-refractivity contribution in [2.45, 2.75) is 20.8 Å². The first-order chi connectivity index (χ1) is 14.4. The number of aliphatic hydroxyl groups is 1. The number of nitrogens with zero attached hydrogens (tertiary/aromatic N) is 4. The Morgan fingerprint density at radius 3 is 1.90 bits per heavy atom. The van der Waals surface area contributed by atoms with Crippen LogP contribution in [0.2, 0.25) is 5.15 Å². The highest BCUT2D eigenvalue weighted by molar-refractivity contribution is 6.29. The molecule has 30 heavy (non-hydrogen) atoms. The van der Waals surface area contributed by atoms with Gasteiger partial charge in [-0.05, 0) is 32.9 Å². The van der Waals surface area contributed by atoms with Crippen LogP contribution in [0.25, 0.3) is 0 Å². The number of nitrogen functional groups attached to an aromatic ring is 1. The number of hydrogen-bond acceptors (Lipinski definition) is 13. The van der Waals surface area contributed by atoms with Crippen molar-refractivity contribution in [3.05, 3.63) is 40.8 Å². The van der Waals surface area contributed by atoms with Crippen molar-refractivity contribution in [1.29, 1.82) is 11.1 Å². The molecule has 0 aliphatic carbocycles. The summed E-state index contributed by atoms with van der Waals surface area (Å²) in [6.45, 7) is 6.05. The van der Waals surface area contributed by atoms with E-state index in [1.165, 1.54) is 24.5 Å². The summed E-state index contributed by atoms with van der Waals surface area (Å²) in [5, 5.41) is 21.9. The van der Waals surface area contributed by atoms with E-state index in [1.807, 2.05) is 0 Å². The molecule has 0 radical (unpaired) electrons. The van der Waals surface area contributed by atoms with Gasteiger partial charge < -0.3 is 20.0 Å². The predicted molar refractivity (Wildman–Crippen MR) is 109 cm³/mol. The van der Waals surface area contributed by atoms with Crippen molar-refractivity contribution in [2.24, 2.45) is 5.84 Å². The van der Waals surface area contributed by atoms with E-state index in [9.17, 15) is 9.59 Å². The van der Waals surface area contributed by atoms with Gasteiger partial charge in [-0.15, -0.1) is 10.2 Å². The quantitative estimate of drug-likeness (QED) is 0.194. The molecule has 0 bridgehead atoms. The number of carbonyl (C=O) groups is 2. The fourth-order valence-electron chi connectivity index (χ4n) is 1.43. The molecule has 168 valence electrons. The minimum atomic E-state index is -0.436. The molecule has 0 saturated heterocycles. The van der Waals surface area contributed by atoms with Gasteiger partial charge in [0.2, 0.25) is 0 Å². The zero-order chi connectivity index (χ0) is 23.4. The third kappa shape index (κ3) is 13.0. The first-order valence-electron chi connectivity index (χ1n) is 8.40. The summed E-state index contributed by atoms with van der Waals surface area (Å²) in [7, 11) is 0. The van der Waals surface area contributed by atoms with E-state index in [0.717, 1.165) is 0 Å². The fourth-order valence-corrected chi connectivity index (χ4v) is 1.59. The van der Waals surface area contributed by atoms with Crippen LogP contribution >= 0.6 is 11.6 Å². The number of aromatic nitrogens is 4. The highest BCUT2D eigenvalue weighted by Crippen LogP contribution is 2.06. The van der Waals surface area contributed by atoms with Crippen LogP contribution in [-0.2, 0) is 9.47 Å². The van der Waals surface area contributed by atoms with E-state index in [-0.39, 0.29) is 13.2 Å². The van der Waals surface area contributed by atoms with Gasteiger partial charge in [-0.2, -0.15) is 10.2 Å². The van der Waals surface area contributed by atoms with Gasteiger partial charge >= 0.3 is 11.9 Å². The van der Waals surface area contributed by atoms with Gasteiger partial charge in [-0.3, -0.25) is 0 Å². The van der Waals surface area contributed by atoms with Crippen molar-refractivity contribution in [1.82, 2.24) is 20.4 Å². The maximum Gasteiger partial charge on any atom is 0.339 e. The highest BCUT2D eigenvalue weighted by Gasteiger charge is 2.08. The molecule has 14 heteroatoms. The Balaban J connectivity index is -0.000000409. The summed E-state index contributed by atoms with van der Waals surface area (Å²) < 4.78 is 9.47. The van der Waals surface area contributed by atoms with Crippen molar-refractivity contribution < 1.29 is 25.6 Å². The van der Waals surface area contributed by atoms with Crippen LogP contribution in [0.1, 0.15) is 42.9 Å². The molecule has 0 aliphatic rings. The smallest absolute Gasteiger partial charge is 0.339 e. The number of halogens is 1. The Hall–Kier alpha value is -3.29. The molecular formula is C16H27ClN8O5. The van der Waals surface area contributed by atoms with Crippen LogP contribution < -0.4 is 11.3 Å². The Kier molecular flexibility index (Phi) is 18.4. The number of rotatable bonds is 5. The molecular weight excluding hydrogens is 420 g/mol. The summed E-state index contributed by atoms with van der Waals surface area (Å²) in [6.07, 6.45) is 2.63. The zero-order valence-corrected chi connectivity index (χ0v) is 17.5. The van der Waals surface area contributed by atoms with Crippen LogP contribution in [0.4, 0.5) is 5.82 Å². The minimum absolute atomic E-state index is 0. The SMILES string of the molecule is CCO.CCOC(=O)c1cnnc(Cl)c1.CCOC(=O)c1cnnc(NN)c1.N=N.[HH]. The fraction of sp³-hybridized carbons (Fsp3) is 0.375. The maximum absolute atomic E-state index is 11.2. The summed E-state index contributed by atoms with van der Waals surface area (Å²) >= 11 is 5.51. The molecule has 0 saturated carbocycles. The van der Waals surface area contributed by atoms with Crippen molar-refractivity contribution in [2.75, 3.05) is 25.2 Å². The topological polar surface area (TPSA) is 210 Å². The standard InChI is InChI=1S/C7H7ClN2O2.C7H10N4O2.C2H6O.H2N2.H2/c1-2-12-7(11)5-3-6(8)10-9-4-5;1-2-13-7(12)5-3-6(10-8)11-9-4-5;1-2-3;1-2;/h3-4H,2H2,1H3;3-4H,2,8H2,1H3,(H,10,11);3H,2H2,1H3;1-2H;1H. The maximum atomic E-state index is 11.2. The van der Waals surface area contributed by atoms with Crippen molar-refractivity contribution in [3.63, 3.8) is 0 Å². The average molecular weight is 447 g/mol. The van der Waals surface area contributed by atoms with E-state index in [4.69, 9.17) is 43.1 Å². The number of nitrogens with two attached hydrogens (primary N) is 1. The first kappa shape index (κ1) is 28.9. The molecule has 0 unspecified atom stereocenters. The first-order valence-corrected chi connectivity index (χ1v) is 8.78. The molecule has 13 nitrogen and oxygen atoms in total. The van der Waals surface area contributed by atoms with Crippen molar-refractivity contribution in [3.8, 4) is 0 Å². The second-order valence-corrected chi connectivity index (χ2v) is 4.89. The molecule has 2 aromatic heterocycles. The molecule has 0 fully saturated rings. The lowest BCUT2D eigenvalue weighted by molar-refractivity contribution is 0.0516. The third-order valence-electron chi connectivity index (χ3n) is 2.45. The van der Waals surface area contributed by atoms with E-state index in [1.54, 1.807) is 20.8 Å². The number of carbonyl (C=O) groups excluding carboxylic acids is 2. The van der Waals surface area contributed by atoms with Gasteiger partial charge in [0.15, 0.2) is 11.0 Å². The largest absolute Gasteiger partial charge is 0.462 e. The number of ether oxygens (including phenoxy) is 2. The minimum Gasteiger partial charge on any atom is -0.462 e. The second-order valence-electron chi connectivity index (χ2n) is 4.50. The summed E-state index contributed by atoms with van der Waals surface area (Å²) in [5.74, 6) is 4.54. The Labute approximate surface area is 179 Å². The molecule has 2 aromatic rings. The van der Waals surface area contributed by atoms with Gasteiger partial charge in [0.05, 0.1) is 36.7 Å². The summed E-state index contributed by atoms with van der Waals surface area (Å²) in [6, 6.07) is 2.87. The van der Waals surface area contributed by atoms with Gasteiger partial charge in [-0.1, -0.05) is 11.6 Å². The van der Waals surface area contributed by atoms with Gasteiger partial charge in [-0.25, -0.2) is 26.5 Å². The van der Waals surface area contributed by atoms with Crippen LogP contribution in [0.5, 0.6) is 0 Å². The van der Waals surface area contributed by atoms with Crippen LogP contribution in [0.3, 0.4) is 0 Å². The molecule has 0 spiro atoms. The molecule has 6 N–H and O–H groups in total. The second kappa shape index (κ2) is 19.0. The predicted octanol–water partition coefficient (Wildman–Crippen LogP) is 2.09. The number of nitrogens with one attached hydrogen (secondary N) is 3. The number of anilines is 1. The lowest BCUT2D eigenvalue weighted by Gasteiger charge is -2.01. The lowest BCUT2D eigenvalue weighted by Crippen LogP contribution is -2.12. The highest BCUT2D eigenvalue weighted by atomic mass is 35.5. The zero-order valence-electron chi connectivity index (χ0n) is 16.8. The summed E-state index contributed by atoms with van der Waals surface area (Å²) in [5.41, 5.74) is 12.9. The van der Waals surface area contributed by atoms with E-state index in [2.05, 4.69) is 25.8 Å². The van der Waals surface area contributed by atoms with E-state index < -0.39 is 11.9 Å². The van der Waals surface area contributed by atoms with Crippen LogP contribution in [0, 0.1) is 11.1 Å². The van der Waals surface area contributed by atoms with Crippen LogP contribution in [-0.4, -0.2) is 57.3 Å². The van der Waals surface area contributed by atoms with Gasteiger partial charge in [0.1, 0.15) is 0 Å². The third-order valence-corrected chi connectivity index (χ3v) is 2.63. The average Bonchev–Trinajstić information content (AvgIpc) is 2.76. The number of hydrazine groups is 1. The number of esters is 2. The van der Waals surface area contributed by atoms with E-state index in [0.29, 0.717) is 30.2 Å². The molecule has 0 atom stereocenters. The molecule has 0 aliphatic heterocycles. The summed E-state index contributed by atoms with van der Waals surface area (Å²) in [4.78, 5) is 22.2. The Bertz CT molecular complexity index is 759. The molecule has 2 rings (SSSR count). The van der Waals surface area contributed by atoms with Gasteiger partial charge in [0, 0.05) is 8.03 Å². The van der Waals surface area contributed by atoms with E-state index >= 15 is 0 Å². The van der Waals surface area contributed by atoms with Gasteiger partial charge in [0.25, 0.3) is 0 Å². The van der Waals surface area contributed by atoms with Crippen LogP contribution in [0.15, 0.2) is 24.5 Å². The monoisotopic (exact) mass is 446 g/mol. The van der Waals surface area contributed by atoms with Crippen molar-refractivity contribution >= 4 is 29.4 Å². The normalized spacial score (nSPS) is 8.60. The number of hydrogen-bond donors (Lipinski definition) is 5. The molecule has 0 amide bonds. The molecule has 2 heterocycles.